The van der Waals surface area contributed by atoms with Crippen LogP contribution in [0.2, 0.25) is 0 Å². The average Bonchev–Trinajstić information content (AvgIpc) is 2.66. The predicted molar refractivity (Wildman–Crippen MR) is 64.6 cm³/mol. The zero-order chi connectivity index (χ0) is 10.5. The zero-order valence-electron chi connectivity index (χ0n) is 7.98. The molecule has 0 bridgehead atoms. The molecule has 2 rings (SSSR count). The van der Waals surface area contributed by atoms with E-state index in [9.17, 15) is 0 Å². The van der Waals surface area contributed by atoms with E-state index >= 15 is 0 Å². The standard InChI is InChI=1S/C10H10BrN3S/c11-9-1-2-15-10(9)6-12-3-8-4-13-7-14-5-8/h1-2,4-5,7,12H,3,6H2. The first-order valence-electron chi connectivity index (χ1n) is 4.53. The van der Waals surface area contributed by atoms with Crippen molar-refractivity contribution in [2.75, 3.05) is 0 Å². The Morgan fingerprint density at radius 3 is 2.73 bits per heavy atom. The van der Waals surface area contributed by atoms with Crippen LogP contribution in [-0.4, -0.2) is 9.97 Å². The Balaban J connectivity index is 1.83. The molecule has 0 amide bonds. The summed E-state index contributed by atoms with van der Waals surface area (Å²) in [5.41, 5.74) is 1.10. The van der Waals surface area contributed by atoms with Crippen molar-refractivity contribution >= 4 is 27.3 Å². The summed E-state index contributed by atoms with van der Waals surface area (Å²) in [7, 11) is 0. The van der Waals surface area contributed by atoms with Crippen molar-refractivity contribution in [3.05, 3.63) is 45.1 Å². The minimum Gasteiger partial charge on any atom is -0.308 e. The molecule has 78 valence electrons. The van der Waals surface area contributed by atoms with Gasteiger partial charge in [-0.05, 0) is 27.4 Å². The maximum absolute atomic E-state index is 3.96. The van der Waals surface area contributed by atoms with E-state index in [4.69, 9.17) is 0 Å². The quantitative estimate of drug-likeness (QED) is 0.937. The molecule has 1 N–H and O–H groups in total. The number of rotatable bonds is 4. The van der Waals surface area contributed by atoms with Crippen LogP contribution in [0.1, 0.15) is 10.4 Å². The molecule has 0 aliphatic carbocycles. The maximum atomic E-state index is 3.96. The molecule has 2 aromatic rings. The fourth-order valence-electron chi connectivity index (χ4n) is 1.19. The minimum atomic E-state index is 0.797. The summed E-state index contributed by atoms with van der Waals surface area (Å²) in [4.78, 5) is 9.23. The Morgan fingerprint density at radius 1 is 1.27 bits per heavy atom. The topological polar surface area (TPSA) is 37.8 Å². The largest absolute Gasteiger partial charge is 0.308 e. The fraction of sp³-hybridized carbons (Fsp3) is 0.200. The molecule has 0 saturated heterocycles. The van der Waals surface area contributed by atoms with Gasteiger partial charge in [-0.1, -0.05) is 0 Å². The molecule has 2 aromatic heterocycles. The summed E-state index contributed by atoms with van der Waals surface area (Å²) in [5.74, 6) is 0. The van der Waals surface area contributed by atoms with Crippen LogP contribution in [0.4, 0.5) is 0 Å². The van der Waals surface area contributed by atoms with Gasteiger partial charge in [0.25, 0.3) is 0 Å². The van der Waals surface area contributed by atoms with E-state index in [1.807, 2.05) is 12.4 Å². The van der Waals surface area contributed by atoms with Crippen molar-refractivity contribution in [1.82, 2.24) is 15.3 Å². The highest BCUT2D eigenvalue weighted by Crippen LogP contribution is 2.22. The van der Waals surface area contributed by atoms with Crippen molar-refractivity contribution < 1.29 is 0 Å². The van der Waals surface area contributed by atoms with Crippen LogP contribution >= 0.6 is 27.3 Å². The van der Waals surface area contributed by atoms with E-state index in [0.29, 0.717) is 0 Å². The van der Waals surface area contributed by atoms with Crippen LogP contribution in [0.15, 0.2) is 34.6 Å². The molecule has 0 saturated carbocycles. The Kier molecular flexibility index (Phi) is 3.82. The molecule has 0 radical (unpaired) electrons. The van der Waals surface area contributed by atoms with Crippen LogP contribution in [0.5, 0.6) is 0 Å². The third kappa shape index (κ3) is 3.09. The third-order valence-corrected chi connectivity index (χ3v) is 3.85. The number of thiophene rings is 1. The Hall–Kier alpha value is -0.780. The van der Waals surface area contributed by atoms with Gasteiger partial charge < -0.3 is 5.32 Å². The van der Waals surface area contributed by atoms with Gasteiger partial charge in [-0.25, -0.2) is 9.97 Å². The van der Waals surface area contributed by atoms with Crippen LogP contribution in [0.25, 0.3) is 0 Å². The SMILES string of the molecule is Brc1ccsc1CNCc1cncnc1. The van der Waals surface area contributed by atoms with Crippen LogP contribution in [-0.2, 0) is 13.1 Å². The number of nitrogens with zero attached hydrogens (tertiary/aromatic N) is 2. The van der Waals surface area contributed by atoms with Gasteiger partial charge in [0.15, 0.2) is 0 Å². The van der Waals surface area contributed by atoms with Gasteiger partial charge in [-0.2, -0.15) is 0 Å². The lowest BCUT2D eigenvalue weighted by Crippen LogP contribution is -2.12. The molecular weight excluding hydrogens is 274 g/mol. The highest BCUT2D eigenvalue weighted by atomic mass is 79.9. The van der Waals surface area contributed by atoms with Gasteiger partial charge in [0.05, 0.1) is 0 Å². The van der Waals surface area contributed by atoms with E-state index in [-0.39, 0.29) is 0 Å². The predicted octanol–water partition coefficient (Wildman–Crippen LogP) is 2.59. The van der Waals surface area contributed by atoms with E-state index in [0.717, 1.165) is 18.7 Å². The molecule has 0 aliphatic heterocycles. The second-order valence-electron chi connectivity index (χ2n) is 3.04. The molecule has 0 spiro atoms. The summed E-state index contributed by atoms with van der Waals surface area (Å²) in [6.45, 7) is 1.67. The Labute approximate surface area is 101 Å². The molecule has 0 aromatic carbocycles. The first-order valence-corrected chi connectivity index (χ1v) is 6.20. The smallest absolute Gasteiger partial charge is 0.115 e. The molecule has 0 unspecified atom stereocenters. The van der Waals surface area contributed by atoms with E-state index < -0.39 is 0 Å². The lowest BCUT2D eigenvalue weighted by Gasteiger charge is -2.02. The number of hydrogen-bond donors (Lipinski definition) is 1. The number of hydrogen-bond acceptors (Lipinski definition) is 4. The van der Waals surface area contributed by atoms with Crippen LogP contribution < -0.4 is 5.32 Å². The Morgan fingerprint density at radius 2 is 2.07 bits per heavy atom. The highest BCUT2D eigenvalue weighted by molar-refractivity contribution is 9.10. The normalized spacial score (nSPS) is 10.5. The van der Waals surface area contributed by atoms with E-state index in [1.165, 1.54) is 9.35 Å². The van der Waals surface area contributed by atoms with E-state index in [2.05, 4.69) is 42.7 Å². The summed E-state index contributed by atoms with van der Waals surface area (Å²) in [6.07, 6.45) is 5.19. The van der Waals surface area contributed by atoms with Crippen LogP contribution in [0.3, 0.4) is 0 Å². The number of halogens is 1. The van der Waals surface area contributed by atoms with Gasteiger partial charge in [0.1, 0.15) is 6.33 Å². The first kappa shape index (κ1) is 10.7. The minimum absolute atomic E-state index is 0.797. The van der Waals surface area contributed by atoms with Crippen molar-refractivity contribution in [1.29, 1.82) is 0 Å². The molecule has 5 heteroatoms. The van der Waals surface area contributed by atoms with Crippen molar-refractivity contribution in [2.45, 2.75) is 13.1 Å². The van der Waals surface area contributed by atoms with E-state index in [1.54, 1.807) is 17.7 Å². The summed E-state index contributed by atoms with van der Waals surface area (Å²) in [6, 6.07) is 2.06. The number of aromatic nitrogens is 2. The van der Waals surface area contributed by atoms with Gasteiger partial charge in [-0.3, -0.25) is 0 Å². The monoisotopic (exact) mass is 283 g/mol. The second-order valence-corrected chi connectivity index (χ2v) is 4.90. The van der Waals surface area contributed by atoms with Crippen molar-refractivity contribution in [2.24, 2.45) is 0 Å². The fourth-order valence-corrected chi connectivity index (χ4v) is 2.65. The average molecular weight is 284 g/mol. The maximum Gasteiger partial charge on any atom is 0.115 e. The van der Waals surface area contributed by atoms with Gasteiger partial charge in [0, 0.05) is 40.4 Å². The summed E-state index contributed by atoms with van der Waals surface area (Å²) < 4.78 is 1.17. The highest BCUT2D eigenvalue weighted by Gasteiger charge is 2.00. The van der Waals surface area contributed by atoms with Gasteiger partial charge in [-0.15, -0.1) is 11.3 Å². The second kappa shape index (κ2) is 5.34. The molecular formula is C10H10BrN3S. The van der Waals surface area contributed by atoms with Gasteiger partial charge in [0.2, 0.25) is 0 Å². The lowest BCUT2D eigenvalue weighted by molar-refractivity contribution is 0.694. The zero-order valence-corrected chi connectivity index (χ0v) is 10.4. The molecule has 2 heterocycles. The lowest BCUT2D eigenvalue weighted by atomic mass is 10.3. The van der Waals surface area contributed by atoms with Gasteiger partial charge >= 0.3 is 0 Å². The van der Waals surface area contributed by atoms with Crippen molar-refractivity contribution in [3.63, 3.8) is 0 Å². The molecule has 3 nitrogen and oxygen atoms in total. The summed E-state index contributed by atoms with van der Waals surface area (Å²) >= 11 is 5.24. The molecule has 0 fully saturated rings. The summed E-state index contributed by atoms with van der Waals surface area (Å²) in [5, 5.41) is 5.42. The molecule has 0 aliphatic rings. The third-order valence-electron chi connectivity index (χ3n) is 1.92. The first-order chi connectivity index (χ1) is 7.36. The Bertz CT molecular complexity index is 416. The molecule has 0 atom stereocenters. The van der Waals surface area contributed by atoms with Crippen molar-refractivity contribution in [3.8, 4) is 0 Å². The molecule has 15 heavy (non-hydrogen) atoms. The number of nitrogens with one attached hydrogen (secondary N) is 1. The van der Waals surface area contributed by atoms with Crippen LogP contribution in [0, 0.1) is 0 Å².